The van der Waals surface area contributed by atoms with Gasteiger partial charge in [-0.3, -0.25) is 0 Å². The summed E-state index contributed by atoms with van der Waals surface area (Å²) in [6.45, 7) is 0. The molecule has 2 aromatic rings. The highest BCUT2D eigenvalue weighted by Crippen LogP contribution is 2.27. The van der Waals surface area contributed by atoms with Crippen LogP contribution in [-0.2, 0) is 0 Å². The van der Waals surface area contributed by atoms with Crippen molar-refractivity contribution in [2.75, 3.05) is 0 Å². The highest BCUT2D eigenvalue weighted by Gasteiger charge is 2.31. The van der Waals surface area contributed by atoms with Crippen LogP contribution in [0.25, 0.3) is 0 Å². The third kappa shape index (κ3) is 3.04. The zero-order chi connectivity index (χ0) is 13.2. The average molecular weight is 258 g/mol. The van der Waals surface area contributed by atoms with Gasteiger partial charge in [0.25, 0.3) is 0 Å². The Bertz CT molecular complexity index is 488. The van der Waals surface area contributed by atoms with E-state index in [1.807, 2.05) is 0 Å². The number of rotatable bonds is 3. The standard InChI is InChI=1S/C12H9F3O3/c13-12(14,15)18-9-5-3-8(4-6-9)11(16)10-2-1-7-17-10/h1-7,11,16H. The molecule has 1 atom stereocenters. The zero-order valence-corrected chi connectivity index (χ0v) is 9.02. The monoisotopic (exact) mass is 258 g/mol. The van der Waals surface area contributed by atoms with Crippen molar-refractivity contribution < 1.29 is 27.4 Å². The molecule has 0 radical (unpaired) electrons. The fraction of sp³-hybridized carbons (Fsp3) is 0.167. The van der Waals surface area contributed by atoms with Crippen molar-refractivity contribution in [3.05, 3.63) is 54.0 Å². The van der Waals surface area contributed by atoms with Gasteiger partial charge in [0, 0.05) is 0 Å². The maximum atomic E-state index is 11.9. The van der Waals surface area contributed by atoms with Crippen molar-refractivity contribution in [2.45, 2.75) is 12.5 Å². The lowest BCUT2D eigenvalue weighted by molar-refractivity contribution is -0.274. The van der Waals surface area contributed by atoms with E-state index < -0.39 is 12.5 Å². The molecule has 1 N–H and O–H groups in total. The first kappa shape index (κ1) is 12.5. The Balaban J connectivity index is 2.13. The van der Waals surface area contributed by atoms with Crippen molar-refractivity contribution in [3.8, 4) is 5.75 Å². The van der Waals surface area contributed by atoms with Gasteiger partial charge in [0.05, 0.1) is 6.26 Å². The third-order valence-corrected chi connectivity index (χ3v) is 2.24. The Labute approximate surface area is 100 Å². The minimum absolute atomic E-state index is 0.319. The van der Waals surface area contributed by atoms with Crippen LogP contribution < -0.4 is 4.74 Å². The molecule has 18 heavy (non-hydrogen) atoms. The minimum atomic E-state index is -4.72. The Kier molecular flexibility index (Phi) is 3.29. The molecular formula is C12H9F3O3. The molecule has 0 aliphatic carbocycles. The number of benzene rings is 1. The molecule has 0 fully saturated rings. The quantitative estimate of drug-likeness (QED) is 0.918. The van der Waals surface area contributed by atoms with Gasteiger partial charge in [-0.2, -0.15) is 0 Å². The Morgan fingerprint density at radius 3 is 2.28 bits per heavy atom. The predicted molar refractivity (Wildman–Crippen MR) is 55.9 cm³/mol. The summed E-state index contributed by atoms with van der Waals surface area (Å²) in [5, 5.41) is 9.85. The summed E-state index contributed by atoms with van der Waals surface area (Å²) >= 11 is 0. The van der Waals surface area contributed by atoms with Gasteiger partial charge >= 0.3 is 6.36 Å². The third-order valence-electron chi connectivity index (χ3n) is 2.24. The van der Waals surface area contributed by atoms with E-state index in [0.717, 1.165) is 12.1 Å². The van der Waals surface area contributed by atoms with Crippen LogP contribution >= 0.6 is 0 Å². The first-order chi connectivity index (χ1) is 8.46. The van der Waals surface area contributed by atoms with E-state index >= 15 is 0 Å². The molecule has 2 rings (SSSR count). The summed E-state index contributed by atoms with van der Waals surface area (Å²) in [5.74, 6) is -0.0163. The lowest BCUT2D eigenvalue weighted by atomic mass is 10.1. The van der Waals surface area contributed by atoms with E-state index in [4.69, 9.17) is 4.42 Å². The van der Waals surface area contributed by atoms with Crippen LogP contribution in [0.5, 0.6) is 5.75 Å². The maximum Gasteiger partial charge on any atom is 0.573 e. The summed E-state index contributed by atoms with van der Waals surface area (Å²) in [6, 6.07) is 8.14. The predicted octanol–water partition coefficient (Wildman–Crippen LogP) is 3.26. The Hall–Kier alpha value is -1.95. The molecule has 6 heteroatoms. The van der Waals surface area contributed by atoms with Crippen molar-refractivity contribution in [2.24, 2.45) is 0 Å². The van der Waals surface area contributed by atoms with Crippen LogP contribution in [0.4, 0.5) is 13.2 Å². The van der Waals surface area contributed by atoms with Crippen LogP contribution in [0.3, 0.4) is 0 Å². The number of ether oxygens (including phenoxy) is 1. The topological polar surface area (TPSA) is 42.6 Å². The van der Waals surface area contributed by atoms with Crippen molar-refractivity contribution >= 4 is 0 Å². The fourth-order valence-electron chi connectivity index (χ4n) is 1.46. The second-order valence-corrected chi connectivity index (χ2v) is 3.53. The van der Waals surface area contributed by atoms with Crippen LogP contribution in [-0.4, -0.2) is 11.5 Å². The van der Waals surface area contributed by atoms with Crippen molar-refractivity contribution in [1.82, 2.24) is 0 Å². The van der Waals surface area contributed by atoms with Gasteiger partial charge in [-0.15, -0.1) is 13.2 Å². The number of alkyl halides is 3. The lowest BCUT2D eigenvalue weighted by Gasteiger charge is -2.11. The van der Waals surface area contributed by atoms with E-state index in [9.17, 15) is 18.3 Å². The summed E-state index contributed by atoms with van der Waals surface area (Å²) in [7, 11) is 0. The van der Waals surface area contributed by atoms with Gasteiger partial charge in [0.1, 0.15) is 17.6 Å². The zero-order valence-electron chi connectivity index (χ0n) is 9.02. The summed E-state index contributed by atoms with van der Waals surface area (Å²) in [4.78, 5) is 0. The van der Waals surface area contributed by atoms with Crippen LogP contribution in [0.15, 0.2) is 47.1 Å². The molecule has 0 spiro atoms. The fourth-order valence-corrected chi connectivity index (χ4v) is 1.46. The van der Waals surface area contributed by atoms with E-state index in [2.05, 4.69) is 4.74 Å². The molecule has 1 heterocycles. The SMILES string of the molecule is OC(c1ccc(OC(F)(F)F)cc1)c1ccco1. The molecule has 0 bridgehead atoms. The van der Waals surface area contributed by atoms with Crippen molar-refractivity contribution in [1.29, 1.82) is 0 Å². The van der Waals surface area contributed by atoms with E-state index in [-0.39, 0.29) is 5.75 Å². The van der Waals surface area contributed by atoms with E-state index in [1.165, 1.54) is 18.4 Å². The first-order valence-electron chi connectivity index (χ1n) is 5.03. The molecule has 1 aromatic heterocycles. The van der Waals surface area contributed by atoms with Crippen LogP contribution in [0, 0.1) is 0 Å². The largest absolute Gasteiger partial charge is 0.573 e. The van der Waals surface area contributed by atoms with E-state index in [1.54, 1.807) is 12.1 Å². The average Bonchev–Trinajstić information content (AvgIpc) is 2.80. The van der Waals surface area contributed by atoms with Crippen LogP contribution in [0.1, 0.15) is 17.4 Å². The minimum Gasteiger partial charge on any atom is -0.466 e. The Morgan fingerprint density at radius 1 is 1.11 bits per heavy atom. The molecule has 0 aliphatic rings. The van der Waals surface area contributed by atoms with Crippen LogP contribution in [0.2, 0.25) is 0 Å². The summed E-state index contributed by atoms with van der Waals surface area (Å²) in [6.07, 6.45) is -4.33. The van der Waals surface area contributed by atoms with Gasteiger partial charge in [-0.1, -0.05) is 12.1 Å². The number of halogens is 3. The normalized spacial score (nSPS) is 13.3. The first-order valence-corrected chi connectivity index (χ1v) is 5.03. The molecular weight excluding hydrogens is 249 g/mol. The van der Waals surface area contributed by atoms with Crippen molar-refractivity contribution in [3.63, 3.8) is 0 Å². The number of hydrogen-bond acceptors (Lipinski definition) is 3. The highest BCUT2D eigenvalue weighted by molar-refractivity contribution is 5.31. The second-order valence-electron chi connectivity index (χ2n) is 3.53. The summed E-state index contributed by atoms with van der Waals surface area (Å²) in [5.41, 5.74) is 0.416. The number of hydrogen-bond donors (Lipinski definition) is 1. The highest BCUT2D eigenvalue weighted by atomic mass is 19.4. The van der Waals surface area contributed by atoms with Gasteiger partial charge in [-0.05, 0) is 29.8 Å². The molecule has 0 aliphatic heterocycles. The molecule has 96 valence electrons. The Morgan fingerprint density at radius 2 is 1.78 bits per heavy atom. The lowest BCUT2D eigenvalue weighted by Crippen LogP contribution is -2.17. The smallest absolute Gasteiger partial charge is 0.466 e. The number of furan rings is 1. The van der Waals surface area contributed by atoms with Gasteiger partial charge in [0.2, 0.25) is 0 Å². The van der Waals surface area contributed by atoms with E-state index in [0.29, 0.717) is 11.3 Å². The van der Waals surface area contributed by atoms with Gasteiger partial charge < -0.3 is 14.3 Å². The molecule has 3 nitrogen and oxygen atoms in total. The van der Waals surface area contributed by atoms with Gasteiger partial charge in [-0.25, -0.2) is 0 Å². The van der Waals surface area contributed by atoms with Gasteiger partial charge in [0.15, 0.2) is 0 Å². The number of aliphatic hydroxyl groups excluding tert-OH is 1. The molecule has 0 saturated carbocycles. The maximum absolute atomic E-state index is 11.9. The molecule has 1 aromatic carbocycles. The second kappa shape index (κ2) is 4.73. The molecule has 0 saturated heterocycles. The molecule has 1 unspecified atom stereocenters. The summed E-state index contributed by atoms with van der Waals surface area (Å²) < 4.78 is 44.5. The molecule has 0 amide bonds. The number of aliphatic hydroxyl groups is 1.